The summed E-state index contributed by atoms with van der Waals surface area (Å²) in [7, 11) is 0. The van der Waals surface area contributed by atoms with Gasteiger partial charge in [-0.1, -0.05) is 6.92 Å². The first-order chi connectivity index (χ1) is 8.54. The summed E-state index contributed by atoms with van der Waals surface area (Å²) in [6.45, 7) is 11.4. The van der Waals surface area contributed by atoms with Crippen LogP contribution in [0.5, 0.6) is 0 Å². The lowest BCUT2D eigenvalue weighted by molar-refractivity contribution is 0.0339. The Labute approximate surface area is 113 Å². The highest BCUT2D eigenvalue weighted by Gasteiger charge is 2.32. The number of carbonyl (C=O) groups is 1. The molecule has 0 bridgehead atoms. The van der Waals surface area contributed by atoms with Crippen molar-refractivity contribution in [1.29, 1.82) is 0 Å². The fraction of sp³-hybridized carbons (Fsp3) is 0.643. The molecule has 2 unspecified atom stereocenters. The number of piperazine rings is 1. The third-order valence-electron chi connectivity index (χ3n) is 3.84. The average molecular weight is 266 g/mol. The molecule has 4 heteroatoms. The van der Waals surface area contributed by atoms with Crippen LogP contribution >= 0.6 is 11.3 Å². The molecule has 1 aromatic heterocycles. The lowest BCUT2D eigenvalue weighted by Gasteiger charge is -2.43. The summed E-state index contributed by atoms with van der Waals surface area (Å²) in [5, 5.41) is 2.00. The minimum absolute atomic E-state index is 0.206. The van der Waals surface area contributed by atoms with E-state index in [1.165, 1.54) is 0 Å². The fourth-order valence-corrected chi connectivity index (χ4v) is 3.52. The summed E-state index contributed by atoms with van der Waals surface area (Å²) in [5.74, 6) is 0.206. The van der Waals surface area contributed by atoms with Crippen LogP contribution in [0, 0.1) is 6.92 Å². The predicted octanol–water partition coefficient (Wildman–Crippen LogP) is 2.61. The molecule has 1 amide bonds. The molecular weight excluding hydrogens is 244 g/mol. The molecule has 2 rings (SSSR count). The largest absolute Gasteiger partial charge is 0.332 e. The van der Waals surface area contributed by atoms with Gasteiger partial charge >= 0.3 is 0 Å². The van der Waals surface area contributed by atoms with Crippen LogP contribution in [0.3, 0.4) is 0 Å². The normalized spacial score (nSPS) is 25.4. The quantitative estimate of drug-likeness (QED) is 0.821. The molecule has 0 N–H and O–H groups in total. The number of hydrogen-bond acceptors (Lipinski definition) is 3. The molecule has 0 spiro atoms. The number of thiophene rings is 1. The maximum Gasteiger partial charge on any atom is 0.264 e. The summed E-state index contributed by atoms with van der Waals surface area (Å²) in [5.41, 5.74) is 1.10. The predicted molar refractivity (Wildman–Crippen MR) is 76.3 cm³/mol. The van der Waals surface area contributed by atoms with Crippen molar-refractivity contribution in [1.82, 2.24) is 9.80 Å². The van der Waals surface area contributed by atoms with Crippen molar-refractivity contribution in [2.24, 2.45) is 0 Å². The lowest BCUT2D eigenvalue weighted by atomic mass is 10.1. The molecule has 1 aliphatic heterocycles. The molecule has 1 aliphatic rings. The average Bonchev–Trinajstić information content (AvgIpc) is 2.77. The SMILES string of the molecule is CCN1CC(C)N(C(=O)c2sccc2C)CC1C. The molecule has 1 aromatic rings. The molecule has 0 aromatic carbocycles. The summed E-state index contributed by atoms with van der Waals surface area (Å²) < 4.78 is 0. The van der Waals surface area contributed by atoms with Gasteiger partial charge in [-0.3, -0.25) is 9.69 Å². The Balaban J connectivity index is 2.14. The Kier molecular flexibility index (Phi) is 4.07. The first kappa shape index (κ1) is 13.6. The van der Waals surface area contributed by atoms with Crippen molar-refractivity contribution in [3.63, 3.8) is 0 Å². The second kappa shape index (κ2) is 5.41. The Morgan fingerprint density at radius 2 is 2.11 bits per heavy atom. The molecular formula is C14H22N2OS. The Bertz CT molecular complexity index is 429. The highest BCUT2D eigenvalue weighted by molar-refractivity contribution is 7.12. The molecule has 2 atom stereocenters. The second-order valence-electron chi connectivity index (χ2n) is 5.18. The van der Waals surface area contributed by atoms with Crippen LogP contribution in [0.4, 0.5) is 0 Å². The lowest BCUT2D eigenvalue weighted by Crippen LogP contribution is -2.57. The standard InChI is InChI=1S/C14H22N2OS/c1-5-15-8-12(4)16(9-11(15)3)14(17)13-10(2)6-7-18-13/h6-7,11-12H,5,8-9H2,1-4H3. The number of nitrogens with zero attached hydrogens (tertiary/aromatic N) is 2. The van der Waals surface area contributed by atoms with E-state index in [9.17, 15) is 4.79 Å². The van der Waals surface area contributed by atoms with E-state index in [2.05, 4.69) is 25.7 Å². The molecule has 3 nitrogen and oxygen atoms in total. The van der Waals surface area contributed by atoms with Gasteiger partial charge in [0.2, 0.25) is 0 Å². The van der Waals surface area contributed by atoms with Gasteiger partial charge in [-0.05, 0) is 44.3 Å². The number of amides is 1. The van der Waals surface area contributed by atoms with Gasteiger partial charge in [0.1, 0.15) is 0 Å². The Hall–Kier alpha value is -0.870. The van der Waals surface area contributed by atoms with Crippen LogP contribution in [0.15, 0.2) is 11.4 Å². The van der Waals surface area contributed by atoms with Gasteiger partial charge in [0.15, 0.2) is 0 Å². The number of likely N-dealkylation sites (N-methyl/N-ethyl adjacent to an activating group) is 1. The van der Waals surface area contributed by atoms with Gasteiger partial charge in [-0.25, -0.2) is 0 Å². The zero-order chi connectivity index (χ0) is 13.3. The molecule has 2 heterocycles. The van der Waals surface area contributed by atoms with Gasteiger partial charge < -0.3 is 4.90 Å². The zero-order valence-electron chi connectivity index (χ0n) is 11.6. The highest BCUT2D eigenvalue weighted by Crippen LogP contribution is 2.22. The topological polar surface area (TPSA) is 23.6 Å². The minimum atomic E-state index is 0.206. The Morgan fingerprint density at radius 3 is 2.67 bits per heavy atom. The highest BCUT2D eigenvalue weighted by atomic mass is 32.1. The van der Waals surface area contributed by atoms with Crippen molar-refractivity contribution in [2.45, 2.75) is 39.8 Å². The molecule has 18 heavy (non-hydrogen) atoms. The van der Waals surface area contributed by atoms with Crippen molar-refractivity contribution in [3.8, 4) is 0 Å². The van der Waals surface area contributed by atoms with Crippen LogP contribution in [0.2, 0.25) is 0 Å². The van der Waals surface area contributed by atoms with E-state index in [0.717, 1.165) is 30.1 Å². The number of rotatable bonds is 2. The molecule has 100 valence electrons. The van der Waals surface area contributed by atoms with Gasteiger partial charge in [0, 0.05) is 25.2 Å². The molecule has 0 radical (unpaired) electrons. The van der Waals surface area contributed by atoms with Gasteiger partial charge in [0.05, 0.1) is 4.88 Å². The van der Waals surface area contributed by atoms with Crippen molar-refractivity contribution >= 4 is 17.2 Å². The fourth-order valence-electron chi connectivity index (χ4n) is 2.64. The summed E-state index contributed by atoms with van der Waals surface area (Å²) in [6, 6.07) is 2.78. The molecule has 1 saturated heterocycles. The van der Waals surface area contributed by atoms with Crippen LogP contribution < -0.4 is 0 Å². The molecule has 1 fully saturated rings. The van der Waals surface area contributed by atoms with E-state index in [1.807, 2.05) is 23.3 Å². The van der Waals surface area contributed by atoms with E-state index in [4.69, 9.17) is 0 Å². The van der Waals surface area contributed by atoms with E-state index < -0.39 is 0 Å². The maximum absolute atomic E-state index is 12.6. The maximum atomic E-state index is 12.6. The van der Waals surface area contributed by atoms with Gasteiger partial charge in [-0.2, -0.15) is 0 Å². The number of hydrogen-bond donors (Lipinski definition) is 0. The van der Waals surface area contributed by atoms with Crippen LogP contribution in [-0.2, 0) is 0 Å². The number of carbonyl (C=O) groups excluding carboxylic acids is 1. The van der Waals surface area contributed by atoms with Crippen molar-refractivity contribution in [2.75, 3.05) is 19.6 Å². The van der Waals surface area contributed by atoms with E-state index in [1.54, 1.807) is 11.3 Å². The first-order valence-electron chi connectivity index (χ1n) is 6.63. The van der Waals surface area contributed by atoms with Crippen molar-refractivity contribution in [3.05, 3.63) is 21.9 Å². The minimum Gasteiger partial charge on any atom is -0.332 e. The second-order valence-corrected chi connectivity index (χ2v) is 6.09. The van der Waals surface area contributed by atoms with Gasteiger partial charge in [-0.15, -0.1) is 11.3 Å². The third-order valence-corrected chi connectivity index (χ3v) is 4.84. The Morgan fingerprint density at radius 1 is 1.39 bits per heavy atom. The zero-order valence-corrected chi connectivity index (χ0v) is 12.5. The van der Waals surface area contributed by atoms with Crippen LogP contribution in [-0.4, -0.2) is 47.4 Å². The summed E-state index contributed by atoms with van der Waals surface area (Å²) in [6.07, 6.45) is 0. The van der Waals surface area contributed by atoms with Crippen LogP contribution in [0.25, 0.3) is 0 Å². The first-order valence-corrected chi connectivity index (χ1v) is 7.51. The molecule has 0 aliphatic carbocycles. The van der Waals surface area contributed by atoms with E-state index in [-0.39, 0.29) is 5.91 Å². The van der Waals surface area contributed by atoms with E-state index >= 15 is 0 Å². The van der Waals surface area contributed by atoms with Crippen molar-refractivity contribution < 1.29 is 4.79 Å². The third kappa shape index (κ3) is 2.45. The number of aryl methyl sites for hydroxylation is 1. The summed E-state index contributed by atoms with van der Waals surface area (Å²) in [4.78, 5) is 17.9. The monoisotopic (exact) mass is 266 g/mol. The summed E-state index contributed by atoms with van der Waals surface area (Å²) >= 11 is 1.56. The van der Waals surface area contributed by atoms with Crippen LogP contribution in [0.1, 0.15) is 36.0 Å². The van der Waals surface area contributed by atoms with E-state index in [0.29, 0.717) is 12.1 Å². The van der Waals surface area contributed by atoms with Gasteiger partial charge in [0.25, 0.3) is 5.91 Å². The molecule has 0 saturated carbocycles. The smallest absolute Gasteiger partial charge is 0.264 e.